The van der Waals surface area contributed by atoms with Gasteiger partial charge in [-0.3, -0.25) is 29.0 Å². The van der Waals surface area contributed by atoms with E-state index in [2.05, 4.69) is 4.98 Å². The quantitative estimate of drug-likeness (QED) is 0.452. The van der Waals surface area contributed by atoms with E-state index >= 15 is 0 Å². The summed E-state index contributed by atoms with van der Waals surface area (Å²) in [7, 11) is -4.68. The lowest BCUT2D eigenvalue weighted by Crippen LogP contribution is -2.41. The van der Waals surface area contributed by atoms with E-state index in [1.807, 2.05) is 4.72 Å². The molecule has 2 aromatic carbocycles. The van der Waals surface area contributed by atoms with Gasteiger partial charge in [0.2, 0.25) is 5.37 Å². The van der Waals surface area contributed by atoms with Crippen LogP contribution in [0.1, 0.15) is 5.37 Å². The lowest BCUT2D eigenvalue weighted by atomic mass is 10.2. The number of amides is 1. The first-order chi connectivity index (χ1) is 13.2. The van der Waals surface area contributed by atoms with Crippen molar-refractivity contribution in [1.82, 2.24) is 9.55 Å². The second-order valence-corrected chi connectivity index (χ2v) is 7.39. The Hall–Kier alpha value is -3.80. The normalized spacial score (nSPS) is 12.4. The van der Waals surface area contributed by atoms with Crippen LogP contribution in [0, 0.1) is 10.1 Å². The molecule has 0 radical (unpaired) electrons. The van der Waals surface area contributed by atoms with Crippen LogP contribution in [0.5, 0.6) is 0 Å². The molecule has 0 aliphatic carbocycles. The number of nitrogens with zero attached hydrogens (tertiary/aromatic N) is 3. The molecule has 144 valence electrons. The number of anilines is 1. The van der Waals surface area contributed by atoms with Gasteiger partial charge in [0.15, 0.2) is 0 Å². The Morgan fingerprint density at radius 2 is 1.82 bits per heavy atom. The summed E-state index contributed by atoms with van der Waals surface area (Å²) in [5.74, 6) is -1.36. The van der Waals surface area contributed by atoms with E-state index in [-0.39, 0.29) is 11.1 Å². The molecular weight excluding hydrogens is 390 g/mol. The van der Waals surface area contributed by atoms with Crippen LogP contribution in [0.2, 0.25) is 0 Å². The Kier molecular flexibility index (Phi) is 4.79. The molecule has 0 saturated carbocycles. The van der Waals surface area contributed by atoms with Crippen molar-refractivity contribution in [3.8, 4) is 0 Å². The molecule has 0 saturated heterocycles. The number of carbonyl (C=O) groups excluding carboxylic acids is 1. The molecule has 12 heteroatoms. The molecule has 1 atom stereocenters. The molecule has 3 rings (SSSR count). The second kappa shape index (κ2) is 7.08. The molecule has 3 aromatic rings. The average Bonchev–Trinajstić information content (AvgIpc) is 2.63. The summed E-state index contributed by atoms with van der Waals surface area (Å²) in [6, 6.07) is 11.1. The summed E-state index contributed by atoms with van der Waals surface area (Å²) in [6.45, 7) is 0. The minimum atomic E-state index is -4.68. The number of benzene rings is 2. The number of nitro groups is 1. The zero-order valence-electron chi connectivity index (χ0n) is 14.1. The number of primary amides is 1. The highest BCUT2D eigenvalue weighted by Gasteiger charge is 2.35. The molecular formula is C16H13N5O6S. The van der Waals surface area contributed by atoms with Gasteiger partial charge in [-0.05, 0) is 18.2 Å². The standard InChI is InChI=1S/C16H13N5O6S/c17-14(22)16(20-9-18-11-6-2-1-5-10(11)15(20)23)28(26,27)19-12-7-3-4-8-13(12)21(24)25/h1-9,16,19H,(H2,17,22). The topological polar surface area (TPSA) is 167 Å². The van der Waals surface area contributed by atoms with Crippen molar-refractivity contribution in [2.75, 3.05) is 4.72 Å². The fourth-order valence-electron chi connectivity index (χ4n) is 2.62. The molecule has 28 heavy (non-hydrogen) atoms. The van der Waals surface area contributed by atoms with E-state index in [1.54, 1.807) is 18.2 Å². The molecule has 1 amide bonds. The van der Waals surface area contributed by atoms with Gasteiger partial charge in [-0.2, -0.15) is 0 Å². The Balaban J connectivity index is 2.13. The van der Waals surface area contributed by atoms with Crippen LogP contribution < -0.4 is 16.0 Å². The maximum atomic E-state index is 12.8. The van der Waals surface area contributed by atoms with Crippen molar-refractivity contribution in [3.05, 3.63) is 75.3 Å². The molecule has 11 nitrogen and oxygen atoms in total. The van der Waals surface area contributed by atoms with Gasteiger partial charge < -0.3 is 5.73 Å². The van der Waals surface area contributed by atoms with Gasteiger partial charge >= 0.3 is 0 Å². The Labute approximate surface area is 157 Å². The molecule has 1 aromatic heterocycles. The highest BCUT2D eigenvalue weighted by Crippen LogP contribution is 2.27. The number of nitro benzene ring substituents is 1. The van der Waals surface area contributed by atoms with Crippen molar-refractivity contribution in [2.24, 2.45) is 5.73 Å². The highest BCUT2D eigenvalue weighted by atomic mass is 32.2. The van der Waals surface area contributed by atoms with Gasteiger partial charge in [-0.25, -0.2) is 13.4 Å². The van der Waals surface area contributed by atoms with Gasteiger partial charge in [-0.15, -0.1) is 0 Å². The summed E-state index contributed by atoms with van der Waals surface area (Å²) in [4.78, 5) is 38.9. The number of nitrogens with one attached hydrogen (secondary N) is 1. The minimum absolute atomic E-state index is 0.0807. The number of fused-ring (bicyclic) bond motifs is 1. The van der Waals surface area contributed by atoms with Crippen LogP contribution in [-0.2, 0) is 14.8 Å². The Morgan fingerprint density at radius 1 is 1.18 bits per heavy atom. The fraction of sp³-hybridized carbons (Fsp3) is 0.0625. The van der Waals surface area contributed by atoms with Crippen molar-refractivity contribution < 1.29 is 18.1 Å². The first kappa shape index (κ1) is 19.0. The first-order valence-corrected chi connectivity index (χ1v) is 9.27. The van der Waals surface area contributed by atoms with Crippen molar-refractivity contribution in [1.29, 1.82) is 0 Å². The van der Waals surface area contributed by atoms with Gasteiger partial charge in [0.1, 0.15) is 5.69 Å². The number of hydrogen-bond donors (Lipinski definition) is 2. The SMILES string of the molecule is NC(=O)C(n1cnc2ccccc2c1=O)S(=O)(=O)Nc1ccccc1[N+](=O)[O-]. The number of rotatable bonds is 6. The summed E-state index contributed by atoms with van der Waals surface area (Å²) in [5.41, 5.74) is 3.83. The van der Waals surface area contributed by atoms with Crippen LogP contribution in [0.3, 0.4) is 0 Å². The van der Waals surface area contributed by atoms with Crippen molar-refractivity contribution >= 4 is 38.2 Å². The summed E-state index contributed by atoms with van der Waals surface area (Å²) in [5, 5.41) is 9.01. The van der Waals surface area contributed by atoms with E-state index in [9.17, 15) is 28.1 Å². The highest BCUT2D eigenvalue weighted by molar-refractivity contribution is 7.93. The van der Waals surface area contributed by atoms with E-state index in [0.717, 1.165) is 18.5 Å². The van der Waals surface area contributed by atoms with Crippen LogP contribution >= 0.6 is 0 Å². The number of nitrogens with two attached hydrogens (primary N) is 1. The molecule has 0 spiro atoms. The third kappa shape index (κ3) is 3.40. The minimum Gasteiger partial charge on any atom is -0.367 e. The van der Waals surface area contributed by atoms with Crippen molar-refractivity contribution in [2.45, 2.75) is 5.37 Å². The third-order valence-corrected chi connectivity index (χ3v) is 5.38. The lowest BCUT2D eigenvalue weighted by Gasteiger charge is -2.18. The maximum Gasteiger partial charge on any atom is 0.293 e. The van der Waals surface area contributed by atoms with Crippen LogP contribution in [0.15, 0.2) is 59.7 Å². The van der Waals surface area contributed by atoms with E-state index in [4.69, 9.17) is 5.73 Å². The predicted molar refractivity (Wildman–Crippen MR) is 99.9 cm³/mol. The smallest absolute Gasteiger partial charge is 0.293 e. The number of para-hydroxylation sites is 3. The van der Waals surface area contributed by atoms with Gasteiger partial charge in [0, 0.05) is 6.07 Å². The van der Waals surface area contributed by atoms with E-state index < -0.39 is 37.5 Å². The molecule has 0 aliphatic rings. The first-order valence-electron chi connectivity index (χ1n) is 7.72. The summed E-state index contributed by atoms with van der Waals surface area (Å²) >= 11 is 0. The zero-order valence-corrected chi connectivity index (χ0v) is 14.9. The number of hydrogen-bond acceptors (Lipinski definition) is 7. The second-order valence-electron chi connectivity index (χ2n) is 5.65. The van der Waals surface area contributed by atoms with E-state index in [1.165, 1.54) is 18.2 Å². The summed E-state index contributed by atoms with van der Waals surface area (Å²) < 4.78 is 28.1. The molecule has 1 unspecified atom stereocenters. The average molecular weight is 403 g/mol. The largest absolute Gasteiger partial charge is 0.367 e. The Bertz CT molecular complexity index is 1250. The van der Waals surface area contributed by atoms with Crippen LogP contribution in [0.4, 0.5) is 11.4 Å². The monoisotopic (exact) mass is 403 g/mol. The van der Waals surface area contributed by atoms with Gasteiger partial charge in [-0.1, -0.05) is 24.3 Å². The number of sulfonamides is 1. The van der Waals surface area contributed by atoms with Crippen LogP contribution in [0.25, 0.3) is 10.9 Å². The predicted octanol–water partition coefficient (Wildman–Crippen LogP) is 0.730. The van der Waals surface area contributed by atoms with Gasteiger partial charge in [0.25, 0.3) is 27.2 Å². The molecule has 0 bridgehead atoms. The number of carbonyl (C=O) groups is 1. The van der Waals surface area contributed by atoms with Crippen LogP contribution in [-0.4, -0.2) is 28.8 Å². The zero-order chi connectivity index (χ0) is 20.5. The van der Waals surface area contributed by atoms with Crippen molar-refractivity contribution in [3.63, 3.8) is 0 Å². The molecule has 0 aliphatic heterocycles. The third-order valence-electron chi connectivity index (χ3n) is 3.83. The Morgan fingerprint density at radius 3 is 2.50 bits per heavy atom. The molecule has 1 heterocycles. The summed E-state index contributed by atoms with van der Waals surface area (Å²) in [6.07, 6.45) is 0.888. The van der Waals surface area contributed by atoms with E-state index in [0.29, 0.717) is 10.1 Å². The lowest BCUT2D eigenvalue weighted by molar-refractivity contribution is -0.383. The molecule has 0 fully saturated rings. The maximum absolute atomic E-state index is 12.8. The molecule has 3 N–H and O–H groups in total. The number of aromatic nitrogens is 2. The fourth-order valence-corrected chi connectivity index (χ4v) is 3.96. The van der Waals surface area contributed by atoms with Gasteiger partial charge in [0.05, 0.1) is 22.2 Å².